The lowest BCUT2D eigenvalue weighted by atomic mass is 9.97. The molecule has 1 rings (SSSR count). The number of hydrogen-bond donors (Lipinski definition) is 0. The first-order valence-corrected chi connectivity index (χ1v) is 12.4. The Kier molecular flexibility index (Phi) is 15.9. The highest BCUT2D eigenvalue weighted by atomic mass is 16.5. The van der Waals surface area contributed by atoms with E-state index in [9.17, 15) is 4.79 Å². The van der Waals surface area contributed by atoms with Gasteiger partial charge in [0.2, 0.25) is 0 Å². The van der Waals surface area contributed by atoms with Crippen molar-refractivity contribution in [2.24, 2.45) is 5.92 Å². The Balaban J connectivity index is 1.82. The summed E-state index contributed by atoms with van der Waals surface area (Å²) in [6.07, 6.45) is 26.5. The summed E-state index contributed by atoms with van der Waals surface area (Å²) in [5, 5.41) is 0. The molecule has 0 amide bonds. The van der Waals surface area contributed by atoms with E-state index < -0.39 is 0 Å². The van der Waals surface area contributed by atoms with Gasteiger partial charge in [-0.2, -0.15) is 0 Å². The molecule has 1 unspecified atom stereocenters. The van der Waals surface area contributed by atoms with Crippen LogP contribution in [0.1, 0.15) is 142 Å². The molecule has 0 saturated heterocycles. The fourth-order valence-corrected chi connectivity index (χ4v) is 4.23. The molecule has 0 aromatic heterocycles. The van der Waals surface area contributed by atoms with Crippen LogP contribution in [0.5, 0.6) is 0 Å². The van der Waals surface area contributed by atoms with Crippen LogP contribution in [0.4, 0.5) is 0 Å². The largest absolute Gasteiger partial charge is 0.462 e. The van der Waals surface area contributed by atoms with Crippen molar-refractivity contribution in [3.05, 3.63) is 0 Å². The van der Waals surface area contributed by atoms with Crippen molar-refractivity contribution >= 4 is 5.97 Å². The van der Waals surface area contributed by atoms with Crippen LogP contribution in [-0.4, -0.2) is 12.1 Å². The third-order valence-electron chi connectivity index (χ3n) is 6.23. The van der Waals surface area contributed by atoms with Crippen molar-refractivity contribution in [2.75, 3.05) is 0 Å². The predicted octanol–water partition coefficient (Wildman–Crippen LogP) is 8.37. The van der Waals surface area contributed by atoms with Crippen molar-refractivity contribution in [1.29, 1.82) is 0 Å². The van der Waals surface area contributed by atoms with Gasteiger partial charge >= 0.3 is 5.97 Å². The molecule has 2 nitrogen and oxygen atoms in total. The van der Waals surface area contributed by atoms with Crippen molar-refractivity contribution in [3.8, 4) is 0 Å². The van der Waals surface area contributed by atoms with Crippen LogP contribution in [0.2, 0.25) is 0 Å². The van der Waals surface area contributed by atoms with E-state index in [-0.39, 0.29) is 18.0 Å². The first-order valence-electron chi connectivity index (χ1n) is 12.4. The maximum atomic E-state index is 12.2. The Hall–Kier alpha value is -0.530. The van der Waals surface area contributed by atoms with Gasteiger partial charge in [0.05, 0.1) is 5.92 Å². The predicted molar refractivity (Wildman–Crippen MR) is 117 cm³/mol. The Morgan fingerprint density at radius 3 is 1.67 bits per heavy atom. The standard InChI is InChI=1S/C25H48O2/c1-3-4-5-6-7-8-9-10-11-12-13-14-15-17-20-23(2)25(26)27-24-21-18-16-19-22-24/h23-24H,3-22H2,1-2H3. The molecule has 0 spiro atoms. The van der Waals surface area contributed by atoms with E-state index in [4.69, 9.17) is 4.74 Å². The van der Waals surface area contributed by atoms with E-state index in [2.05, 4.69) is 6.92 Å². The minimum atomic E-state index is 0.0524. The van der Waals surface area contributed by atoms with Gasteiger partial charge in [-0.15, -0.1) is 0 Å². The van der Waals surface area contributed by atoms with Crippen LogP contribution < -0.4 is 0 Å². The van der Waals surface area contributed by atoms with Gasteiger partial charge in [-0.3, -0.25) is 4.79 Å². The lowest BCUT2D eigenvalue weighted by Crippen LogP contribution is -2.24. The summed E-state index contributed by atoms with van der Waals surface area (Å²) in [7, 11) is 0. The second-order valence-electron chi connectivity index (χ2n) is 8.98. The average Bonchev–Trinajstić information content (AvgIpc) is 2.68. The van der Waals surface area contributed by atoms with Gasteiger partial charge in [0.25, 0.3) is 0 Å². The summed E-state index contributed by atoms with van der Waals surface area (Å²) < 4.78 is 5.68. The second-order valence-corrected chi connectivity index (χ2v) is 8.98. The maximum absolute atomic E-state index is 12.2. The summed E-state index contributed by atoms with van der Waals surface area (Å²) in [4.78, 5) is 12.2. The number of unbranched alkanes of at least 4 members (excludes halogenated alkanes) is 13. The number of carbonyl (C=O) groups excluding carboxylic acids is 1. The molecule has 2 heteroatoms. The molecule has 0 aliphatic heterocycles. The van der Waals surface area contributed by atoms with Gasteiger partial charge in [0.15, 0.2) is 0 Å². The Morgan fingerprint density at radius 2 is 1.19 bits per heavy atom. The van der Waals surface area contributed by atoms with Gasteiger partial charge in [-0.1, -0.05) is 110 Å². The zero-order chi connectivity index (χ0) is 19.6. The molecule has 27 heavy (non-hydrogen) atoms. The van der Waals surface area contributed by atoms with Crippen LogP contribution in [0.15, 0.2) is 0 Å². The molecule has 0 N–H and O–H groups in total. The summed E-state index contributed by atoms with van der Waals surface area (Å²) in [5.74, 6) is 0.140. The molecule has 0 aromatic rings. The van der Waals surface area contributed by atoms with E-state index in [1.165, 1.54) is 109 Å². The van der Waals surface area contributed by atoms with Gasteiger partial charge in [0, 0.05) is 0 Å². The van der Waals surface area contributed by atoms with E-state index >= 15 is 0 Å². The van der Waals surface area contributed by atoms with Crippen molar-refractivity contribution in [2.45, 2.75) is 148 Å². The Morgan fingerprint density at radius 1 is 0.741 bits per heavy atom. The van der Waals surface area contributed by atoms with E-state index in [0.29, 0.717) is 0 Å². The lowest BCUT2D eigenvalue weighted by Gasteiger charge is -2.23. The number of esters is 1. The summed E-state index contributed by atoms with van der Waals surface area (Å²) in [6, 6.07) is 0. The SMILES string of the molecule is CCCCCCCCCCCCCCCCC(C)C(=O)OC1CCCCC1. The number of ether oxygens (including phenoxy) is 1. The van der Waals surface area contributed by atoms with Gasteiger partial charge in [-0.25, -0.2) is 0 Å². The molecule has 1 fully saturated rings. The van der Waals surface area contributed by atoms with Crippen LogP contribution in [0, 0.1) is 5.92 Å². The zero-order valence-electron chi connectivity index (χ0n) is 18.6. The molecule has 0 heterocycles. The molecule has 0 radical (unpaired) electrons. The van der Waals surface area contributed by atoms with Crippen LogP contribution in [0.3, 0.4) is 0 Å². The summed E-state index contributed by atoms with van der Waals surface area (Å²) in [5.41, 5.74) is 0. The summed E-state index contributed by atoms with van der Waals surface area (Å²) >= 11 is 0. The number of hydrogen-bond acceptors (Lipinski definition) is 2. The number of carbonyl (C=O) groups is 1. The molecular formula is C25H48O2. The lowest BCUT2D eigenvalue weighted by molar-refractivity contribution is -0.155. The van der Waals surface area contributed by atoms with Gasteiger partial charge < -0.3 is 4.74 Å². The van der Waals surface area contributed by atoms with Crippen LogP contribution in [0.25, 0.3) is 0 Å². The topological polar surface area (TPSA) is 26.3 Å². The number of rotatable bonds is 17. The third-order valence-corrected chi connectivity index (χ3v) is 6.23. The maximum Gasteiger partial charge on any atom is 0.308 e. The first-order chi connectivity index (χ1) is 13.2. The normalized spacial score (nSPS) is 16.4. The van der Waals surface area contributed by atoms with Crippen molar-refractivity contribution < 1.29 is 9.53 Å². The molecule has 0 bridgehead atoms. The zero-order valence-corrected chi connectivity index (χ0v) is 18.6. The van der Waals surface area contributed by atoms with E-state index in [0.717, 1.165) is 19.3 Å². The fourth-order valence-electron chi connectivity index (χ4n) is 4.23. The molecule has 1 atom stereocenters. The highest BCUT2D eigenvalue weighted by molar-refractivity contribution is 5.72. The van der Waals surface area contributed by atoms with Crippen molar-refractivity contribution in [3.63, 3.8) is 0 Å². The monoisotopic (exact) mass is 380 g/mol. The molecule has 0 aromatic carbocycles. The van der Waals surface area contributed by atoms with E-state index in [1.54, 1.807) is 0 Å². The third kappa shape index (κ3) is 14.2. The minimum Gasteiger partial charge on any atom is -0.462 e. The minimum absolute atomic E-state index is 0.0524. The van der Waals surface area contributed by atoms with Gasteiger partial charge in [0.1, 0.15) is 6.10 Å². The first kappa shape index (κ1) is 24.5. The molecular weight excluding hydrogens is 332 g/mol. The van der Waals surface area contributed by atoms with E-state index in [1.807, 2.05) is 6.92 Å². The van der Waals surface area contributed by atoms with Gasteiger partial charge in [-0.05, 0) is 32.1 Å². The Bertz CT molecular complexity index is 333. The highest BCUT2D eigenvalue weighted by Gasteiger charge is 2.21. The fraction of sp³-hybridized carbons (Fsp3) is 0.960. The Labute approximate surface area is 170 Å². The molecule has 1 saturated carbocycles. The van der Waals surface area contributed by atoms with Crippen LogP contribution in [-0.2, 0) is 9.53 Å². The molecule has 160 valence electrons. The summed E-state index contributed by atoms with van der Waals surface area (Å²) in [6.45, 7) is 4.33. The van der Waals surface area contributed by atoms with Crippen LogP contribution >= 0.6 is 0 Å². The molecule has 1 aliphatic rings. The highest BCUT2D eigenvalue weighted by Crippen LogP contribution is 2.22. The average molecular weight is 381 g/mol. The molecule has 1 aliphatic carbocycles. The van der Waals surface area contributed by atoms with Crippen molar-refractivity contribution in [1.82, 2.24) is 0 Å². The quantitative estimate of drug-likeness (QED) is 0.187. The second kappa shape index (κ2) is 17.6. The smallest absolute Gasteiger partial charge is 0.308 e.